The molecule has 0 aliphatic carbocycles. The number of rotatable bonds is 5. The highest BCUT2D eigenvalue weighted by molar-refractivity contribution is 9.09. The van der Waals surface area contributed by atoms with Gasteiger partial charge in [-0.05, 0) is 12.5 Å². The van der Waals surface area contributed by atoms with E-state index in [0.717, 1.165) is 5.33 Å². The van der Waals surface area contributed by atoms with Crippen molar-refractivity contribution in [3.63, 3.8) is 0 Å². The molecule has 1 aromatic rings. The molecule has 0 N–H and O–H groups in total. The van der Waals surface area contributed by atoms with Gasteiger partial charge in [-0.3, -0.25) is 0 Å². The zero-order valence-electron chi connectivity index (χ0n) is 8.37. The topological polar surface area (TPSA) is 9.23 Å². The molecule has 0 aromatic heterocycles. The number of halogens is 1. The minimum Gasteiger partial charge on any atom is -0.373 e. The van der Waals surface area contributed by atoms with Crippen molar-refractivity contribution in [1.82, 2.24) is 0 Å². The maximum atomic E-state index is 5.49. The number of hydrogen-bond donors (Lipinski definition) is 0. The van der Waals surface area contributed by atoms with Gasteiger partial charge in [0.2, 0.25) is 0 Å². The predicted molar refractivity (Wildman–Crippen MR) is 63.6 cm³/mol. The second kappa shape index (κ2) is 6.80. The summed E-state index contributed by atoms with van der Waals surface area (Å²) in [5, 5.41) is 0.918. The van der Waals surface area contributed by atoms with Gasteiger partial charge in [-0.2, -0.15) is 0 Å². The SMILES string of the molecule is CC(=CCOCc1ccccc1)CBr. The van der Waals surface area contributed by atoms with Crippen molar-refractivity contribution >= 4 is 15.9 Å². The molecule has 0 radical (unpaired) electrons. The highest BCUT2D eigenvalue weighted by Crippen LogP contribution is 2.01. The second-order valence-corrected chi connectivity index (χ2v) is 3.75. The van der Waals surface area contributed by atoms with Crippen LogP contribution < -0.4 is 0 Å². The molecule has 0 aliphatic heterocycles. The molecule has 76 valence electrons. The van der Waals surface area contributed by atoms with Crippen molar-refractivity contribution in [1.29, 1.82) is 0 Å². The second-order valence-electron chi connectivity index (χ2n) is 3.18. The highest BCUT2D eigenvalue weighted by atomic mass is 79.9. The van der Waals surface area contributed by atoms with Crippen molar-refractivity contribution in [2.45, 2.75) is 13.5 Å². The molecule has 1 nitrogen and oxygen atoms in total. The molecule has 0 heterocycles. The van der Waals surface area contributed by atoms with Crippen LogP contribution in [-0.4, -0.2) is 11.9 Å². The third-order valence-electron chi connectivity index (χ3n) is 1.87. The van der Waals surface area contributed by atoms with Gasteiger partial charge in [-0.25, -0.2) is 0 Å². The summed E-state index contributed by atoms with van der Waals surface area (Å²) < 4.78 is 5.49. The molecule has 0 amide bonds. The van der Waals surface area contributed by atoms with E-state index >= 15 is 0 Å². The van der Waals surface area contributed by atoms with Crippen LogP contribution >= 0.6 is 15.9 Å². The van der Waals surface area contributed by atoms with E-state index in [4.69, 9.17) is 4.74 Å². The fraction of sp³-hybridized carbons (Fsp3) is 0.333. The minimum atomic E-state index is 0.687. The first-order chi connectivity index (χ1) is 6.83. The van der Waals surface area contributed by atoms with Crippen LogP contribution in [0.1, 0.15) is 12.5 Å². The lowest BCUT2D eigenvalue weighted by molar-refractivity contribution is 0.148. The normalized spacial score (nSPS) is 11.7. The molecule has 0 aliphatic rings. The van der Waals surface area contributed by atoms with Crippen LogP contribution in [-0.2, 0) is 11.3 Å². The summed E-state index contributed by atoms with van der Waals surface area (Å²) in [6.45, 7) is 3.46. The van der Waals surface area contributed by atoms with Gasteiger partial charge in [-0.1, -0.05) is 57.9 Å². The monoisotopic (exact) mass is 254 g/mol. The Balaban J connectivity index is 2.23. The lowest BCUT2D eigenvalue weighted by Gasteiger charge is -2.01. The Hall–Kier alpha value is -0.600. The molecule has 0 bridgehead atoms. The summed E-state index contributed by atoms with van der Waals surface area (Å²) in [7, 11) is 0. The van der Waals surface area contributed by atoms with Crippen LogP contribution in [0.2, 0.25) is 0 Å². The molecule has 0 saturated carbocycles. The molecule has 0 unspecified atom stereocenters. The average Bonchev–Trinajstić information content (AvgIpc) is 2.25. The van der Waals surface area contributed by atoms with Gasteiger partial charge < -0.3 is 4.74 Å². The van der Waals surface area contributed by atoms with Crippen LogP contribution in [0.3, 0.4) is 0 Å². The Morgan fingerprint density at radius 2 is 2.07 bits per heavy atom. The average molecular weight is 255 g/mol. The molecule has 0 saturated heterocycles. The summed E-state index contributed by atoms with van der Waals surface area (Å²) in [6.07, 6.45) is 2.09. The van der Waals surface area contributed by atoms with Crippen LogP contribution in [0.25, 0.3) is 0 Å². The van der Waals surface area contributed by atoms with Crippen molar-refractivity contribution in [2.24, 2.45) is 0 Å². The summed E-state index contributed by atoms with van der Waals surface area (Å²) >= 11 is 3.39. The van der Waals surface area contributed by atoms with Gasteiger partial charge in [0.05, 0.1) is 13.2 Å². The van der Waals surface area contributed by atoms with Gasteiger partial charge in [0.25, 0.3) is 0 Å². The van der Waals surface area contributed by atoms with E-state index in [1.807, 2.05) is 18.2 Å². The minimum absolute atomic E-state index is 0.687. The van der Waals surface area contributed by atoms with Gasteiger partial charge >= 0.3 is 0 Å². The number of hydrogen-bond acceptors (Lipinski definition) is 1. The molecule has 1 aromatic carbocycles. The molecular weight excluding hydrogens is 240 g/mol. The van der Waals surface area contributed by atoms with E-state index in [9.17, 15) is 0 Å². The van der Waals surface area contributed by atoms with Crippen LogP contribution in [0.15, 0.2) is 42.0 Å². The Morgan fingerprint density at radius 1 is 1.36 bits per heavy atom. The molecule has 14 heavy (non-hydrogen) atoms. The Kier molecular flexibility index (Phi) is 5.57. The third kappa shape index (κ3) is 4.58. The van der Waals surface area contributed by atoms with Gasteiger partial charge in [0.15, 0.2) is 0 Å². The maximum absolute atomic E-state index is 5.49. The van der Waals surface area contributed by atoms with Crippen molar-refractivity contribution < 1.29 is 4.74 Å². The zero-order valence-corrected chi connectivity index (χ0v) is 9.96. The van der Waals surface area contributed by atoms with E-state index < -0.39 is 0 Å². The first kappa shape index (κ1) is 11.5. The fourth-order valence-electron chi connectivity index (χ4n) is 1.01. The quantitative estimate of drug-likeness (QED) is 0.444. The number of benzene rings is 1. The molecule has 0 fully saturated rings. The summed E-state index contributed by atoms with van der Waals surface area (Å²) in [5.74, 6) is 0. The lowest BCUT2D eigenvalue weighted by Crippen LogP contribution is -1.93. The van der Waals surface area contributed by atoms with E-state index in [1.165, 1.54) is 11.1 Å². The summed E-state index contributed by atoms with van der Waals surface area (Å²) in [4.78, 5) is 0. The Labute approximate surface area is 93.9 Å². The number of alkyl halides is 1. The van der Waals surface area contributed by atoms with Gasteiger partial charge in [-0.15, -0.1) is 0 Å². The van der Waals surface area contributed by atoms with Crippen molar-refractivity contribution in [2.75, 3.05) is 11.9 Å². The number of ether oxygens (including phenoxy) is 1. The summed E-state index contributed by atoms with van der Waals surface area (Å²) in [6, 6.07) is 10.2. The first-order valence-corrected chi connectivity index (χ1v) is 5.78. The number of allylic oxidation sites excluding steroid dienone is 1. The van der Waals surface area contributed by atoms with Crippen LogP contribution in [0.5, 0.6) is 0 Å². The maximum Gasteiger partial charge on any atom is 0.0721 e. The highest BCUT2D eigenvalue weighted by Gasteiger charge is 1.90. The predicted octanol–water partition coefficient (Wildman–Crippen LogP) is 3.54. The lowest BCUT2D eigenvalue weighted by atomic mass is 10.2. The smallest absolute Gasteiger partial charge is 0.0721 e. The first-order valence-electron chi connectivity index (χ1n) is 4.66. The van der Waals surface area contributed by atoms with E-state index in [2.05, 4.69) is 41.1 Å². The van der Waals surface area contributed by atoms with E-state index in [1.54, 1.807) is 0 Å². The molecule has 0 atom stereocenters. The molecule has 1 rings (SSSR count). The Morgan fingerprint density at radius 3 is 2.71 bits per heavy atom. The molecule has 0 spiro atoms. The standard InChI is InChI=1S/C12H15BrO/c1-11(9-13)7-8-14-10-12-5-3-2-4-6-12/h2-7H,8-10H2,1H3. The molecule has 2 heteroatoms. The van der Waals surface area contributed by atoms with Gasteiger partial charge in [0, 0.05) is 5.33 Å². The van der Waals surface area contributed by atoms with E-state index in [0.29, 0.717) is 13.2 Å². The van der Waals surface area contributed by atoms with Crippen LogP contribution in [0.4, 0.5) is 0 Å². The van der Waals surface area contributed by atoms with Gasteiger partial charge in [0.1, 0.15) is 0 Å². The van der Waals surface area contributed by atoms with E-state index in [-0.39, 0.29) is 0 Å². The third-order valence-corrected chi connectivity index (χ3v) is 2.76. The Bertz CT molecular complexity index is 280. The zero-order chi connectivity index (χ0) is 10.2. The van der Waals surface area contributed by atoms with Crippen molar-refractivity contribution in [3.05, 3.63) is 47.5 Å². The fourth-order valence-corrected chi connectivity index (χ4v) is 1.24. The molecular formula is C12H15BrO. The van der Waals surface area contributed by atoms with Crippen LogP contribution in [0, 0.1) is 0 Å². The largest absolute Gasteiger partial charge is 0.373 e. The summed E-state index contributed by atoms with van der Waals surface area (Å²) in [5.41, 5.74) is 2.52. The van der Waals surface area contributed by atoms with Crippen molar-refractivity contribution in [3.8, 4) is 0 Å².